The van der Waals surface area contributed by atoms with Crippen molar-refractivity contribution in [1.29, 1.82) is 0 Å². The van der Waals surface area contributed by atoms with Gasteiger partial charge < -0.3 is 4.90 Å². The molecule has 0 saturated carbocycles. The average Bonchev–Trinajstić information content (AvgIpc) is 2.75. The highest BCUT2D eigenvalue weighted by atomic mass is 32.1. The Morgan fingerprint density at radius 2 is 2.22 bits per heavy atom. The Morgan fingerprint density at radius 3 is 2.78 bits per heavy atom. The van der Waals surface area contributed by atoms with Crippen molar-refractivity contribution in [3.63, 3.8) is 0 Å². The Morgan fingerprint density at radius 1 is 1.44 bits per heavy atom. The third-order valence-corrected chi connectivity index (χ3v) is 3.60. The van der Waals surface area contributed by atoms with Crippen LogP contribution in [0.15, 0.2) is 28.4 Å². The van der Waals surface area contributed by atoms with Crippen molar-refractivity contribution < 1.29 is 4.79 Å². The zero-order valence-corrected chi connectivity index (χ0v) is 11.0. The average molecular weight is 263 g/mol. The smallest absolute Gasteiger partial charge is 0.274 e. The summed E-state index contributed by atoms with van der Waals surface area (Å²) in [7, 11) is 1.72. The van der Waals surface area contributed by atoms with E-state index in [1.807, 2.05) is 18.4 Å². The summed E-state index contributed by atoms with van der Waals surface area (Å²) in [6.07, 6.45) is 0. The Kier molecular flexibility index (Phi) is 3.57. The minimum Gasteiger partial charge on any atom is -0.335 e. The topological polar surface area (TPSA) is 66.1 Å². The number of rotatable bonds is 3. The highest BCUT2D eigenvalue weighted by Gasteiger charge is 2.14. The number of carbonyl (C=O) groups excluding carboxylic acids is 1. The van der Waals surface area contributed by atoms with Crippen molar-refractivity contribution in [3.8, 4) is 0 Å². The number of aryl methyl sites for hydroxylation is 1. The molecule has 0 unspecified atom stereocenters. The van der Waals surface area contributed by atoms with E-state index >= 15 is 0 Å². The first-order chi connectivity index (χ1) is 8.58. The summed E-state index contributed by atoms with van der Waals surface area (Å²) in [6, 6.07) is 4.75. The second-order valence-electron chi connectivity index (χ2n) is 3.99. The second kappa shape index (κ2) is 5.14. The van der Waals surface area contributed by atoms with E-state index in [0.29, 0.717) is 6.54 Å². The molecule has 2 heterocycles. The van der Waals surface area contributed by atoms with Crippen LogP contribution in [0.1, 0.15) is 20.9 Å². The van der Waals surface area contributed by atoms with Crippen molar-refractivity contribution in [2.75, 3.05) is 7.05 Å². The van der Waals surface area contributed by atoms with Gasteiger partial charge in [0.1, 0.15) is 5.69 Å². The number of aromatic amines is 1. The Hall–Kier alpha value is -1.95. The molecular formula is C12H13N3O2S. The van der Waals surface area contributed by atoms with Crippen LogP contribution in [0.25, 0.3) is 0 Å². The van der Waals surface area contributed by atoms with Crippen molar-refractivity contribution >= 4 is 17.2 Å². The summed E-state index contributed by atoms with van der Waals surface area (Å²) in [6.45, 7) is 2.56. The lowest BCUT2D eigenvalue weighted by Crippen LogP contribution is -2.28. The maximum absolute atomic E-state index is 12.0. The molecule has 0 bridgehead atoms. The highest BCUT2D eigenvalue weighted by Crippen LogP contribution is 2.17. The fourth-order valence-electron chi connectivity index (χ4n) is 1.51. The molecule has 94 valence electrons. The lowest BCUT2D eigenvalue weighted by atomic mass is 10.2. The molecule has 2 aromatic heterocycles. The number of thiophene rings is 1. The van der Waals surface area contributed by atoms with Crippen LogP contribution in [0, 0.1) is 6.92 Å². The molecule has 0 aliphatic rings. The first kappa shape index (κ1) is 12.5. The summed E-state index contributed by atoms with van der Waals surface area (Å²) < 4.78 is 0. The van der Waals surface area contributed by atoms with E-state index in [4.69, 9.17) is 0 Å². The molecule has 0 aromatic carbocycles. The number of nitrogens with zero attached hydrogens (tertiary/aromatic N) is 2. The highest BCUT2D eigenvalue weighted by molar-refractivity contribution is 7.10. The van der Waals surface area contributed by atoms with Gasteiger partial charge in [-0.15, -0.1) is 11.3 Å². The SMILES string of the molecule is Cc1ccsc1CN(C)C(=O)c1ccc(=O)[nH]n1. The number of aromatic nitrogens is 2. The molecule has 2 rings (SSSR count). The molecule has 1 N–H and O–H groups in total. The first-order valence-electron chi connectivity index (χ1n) is 5.42. The molecule has 18 heavy (non-hydrogen) atoms. The predicted octanol–water partition coefficient (Wildman–Crippen LogP) is 1.41. The normalized spacial score (nSPS) is 10.3. The number of carbonyl (C=O) groups is 1. The van der Waals surface area contributed by atoms with Gasteiger partial charge in [0, 0.05) is 18.0 Å². The van der Waals surface area contributed by atoms with Gasteiger partial charge in [-0.2, -0.15) is 5.10 Å². The molecule has 1 amide bonds. The standard InChI is InChI=1S/C12H13N3O2S/c1-8-5-6-18-10(8)7-15(2)12(17)9-3-4-11(16)14-13-9/h3-6H,7H2,1-2H3,(H,14,16). The minimum absolute atomic E-state index is 0.209. The van der Waals surface area contributed by atoms with Gasteiger partial charge in [-0.25, -0.2) is 5.10 Å². The lowest BCUT2D eigenvalue weighted by molar-refractivity contribution is 0.0779. The van der Waals surface area contributed by atoms with Crippen LogP contribution in [0.3, 0.4) is 0 Å². The third-order valence-electron chi connectivity index (χ3n) is 2.59. The minimum atomic E-state index is -0.316. The summed E-state index contributed by atoms with van der Waals surface area (Å²) in [5, 5.41) is 7.98. The van der Waals surface area contributed by atoms with E-state index in [1.54, 1.807) is 23.3 Å². The molecule has 0 atom stereocenters. The molecule has 2 aromatic rings. The summed E-state index contributed by atoms with van der Waals surface area (Å²) in [5.41, 5.74) is 1.10. The van der Waals surface area contributed by atoms with Crippen LogP contribution in [0.5, 0.6) is 0 Å². The van der Waals surface area contributed by atoms with Crippen LogP contribution in [0.2, 0.25) is 0 Å². The van der Waals surface area contributed by atoms with Crippen molar-refractivity contribution in [3.05, 3.63) is 50.1 Å². The Labute approximate surface area is 108 Å². The molecule has 0 aliphatic heterocycles. The number of amides is 1. The molecule has 0 aliphatic carbocycles. The van der Waals surface area contributed by atoms with Gasteiger partial charge in [-0.05, 0) is 30.0 Å². The fraction of sp³-hybridized carbons (Fsp3) is 0.250. The molecule has 6 heteroatoms. The van der Waals surface area contributed by atoms with Crippen molar-refractivity contribution in [2.24, 2.45) is 0 Å². The van der Waals surface area contributed by atoms with Gasteiger partial charge in [0.05, 0.1) is 6.54 Å². The van der Waals surface area contributed by atoms with E-state index in [1.165, 1.54) is 17.7 Å². The Bertz CT molecular complexity index is 597. The van der Waals surface area contributed by atoms with Gasteiger partial charge >= 0.3 is 0 Å². The number of nitrogens with one attached hydrogen (secondary N) is 1. The number of hydrogen-bond acceptors (Lipinski definition) is 4. The molecule has 0 fully saturated rings. The monoisotopic (exact) mass is 263 g/mol. The molecule has 0 saturated heterocycles. The van der Waals surface area contributed by atoms with Gasteiger partial charge in [-0.1, -0.05) is 0 Å². The van der Waals surface area contributed by atoms with Crippen LogP contribution in [-0.2, 0) is 6.54 Å². The van der Waals surface area contributed by atoms with E-state index in [9.17, 15) is 9.59 Å². The zero-order chi connectivity index (χ0) is 13.1. The van der Waals surface area contributed by atoms with Crippen LogP contribution in [0.4, 0.5) is 0 Å². The quantitative estimate of drug-likeness (QED) is 0.910. The summed E-state index contributed by atoms with van der Waals surface area (Å²) in [5.74, 6) is -0.209. The van der Waals surface area contributed by atoms with Gasteiger partial charge in [0.2, 0.25) is 0 Å². The predicted molar refractivity (Wildman–Crippen MR) is 69.7 cm³/mol. The van der Waals surface area contributed by atoms with Gasteiger partial charge in [0.25, 0.3) is 11.5 Å². The van der Waals surface area contributed by atoms with E-state index < -0.39 is 0 Å². The fourth-order valence-corrected chi connectivity index (χ4v) is 2.47. The summed E-state index contributed by atoms with van der Waals surface area (Å²) >= 11 is 1.62. The molecular weight excluding hydrogens is 250 g/mol. The van der Waals surface area contributed by atoms with Crippen molar-refractivity contribution in [1.82, 2.24) is 15.1 Å². The second-order valence-corrected chi connectivity index (χ2v) is 5.00. The maximum Gasteiger partial charge on any atom is 0.274 e. The largest absolute Gasteiger partial charge is 0.335 e. The zero-order valence-electron chi connectivity index (χ0n) is 10.1. The van der Waals surface area contributed by atoms with E-state index in [2.05, 4.69) is 10.2 Å². The van der Waals surface area contributed by atoms with Gasteiger partial charge in [-0.3, -0.25) is 9.59 Å². The third kappa shape index (κ3) is 2.65. The van der Waals surface area contributed by atoms with E-state index in [-0.39, 0.29) is 17.2 Å². The molecule has 0 radical (unpaired) electrons. The molecule has 0 spiro atoms. The number of hydrogen-bond donors (Lipinski definition) is 1. The van der Waals surface area contributed by atoms with Gasteiger partial charge in [0.15, 0.2) is 0 Å². The lowest BCUT2D eigenvalue weighted by Gasteiger charge is -2.15. The summed E-state index contributed by atoms with van der Waals surface area (Å²) in [4.78, 5) is 25.6. The van der Waals surface area contributed by atoms with E-state index in [0.717, 1.165) is 4.88 Å². The van der Waals surface area contributed by atoms with Crippen molar-refractivity contribution in [2.45, 2.75) is 13.5 Å². The van der Waals surface area contributed by atoms with Crippen LogP contribution < -0.4 is 5.56 Å². The molecule has 5 nitrogen and oxygen atoms in total. The number of H-pyrrole nitrogens is 1. The van der Waals surface area contributed by atoms with Crippen LogP contribution in [-0.4, -0.2) is 28.1 Å². The Balaban J connectivity index is 2.12. The first-order valence-corrected chi connectivity index (χ1v) is 6.30. The maximum atomic E-state index is 12.0. The van der Waals surface area contributed by atoms with Crippen LogP contribution >= 0.6 is 11.3 Å².